The summed E-state index contributed by atoms with van der Waals surface area (Å²) in [5, 5.41) is 10.0. The summed E-state index contributed by atoms with van der Waals surface area (Å²) in [6.07, 6.45) is 6.37. The standard InChI is InChI=1S/C49H34S/c1-3-13-42-38(4-2)49(37-17-11-16-35(30-37)36-28-29-47-45(31-36)41-19-9-10-23-46(41)50-47)44-21-8-7-20-43(44)48(42)34-26-24-33(25-27-34)40-22-12-15-32-14-5-6-18-39(32)40/h3-31H,1H2,2H3/b38-4+,42-13+. The molecule has 1 aromatic heterocycles. The summed E-state index contributed by atoms with van der Waals surface area (Å²) in [5.74, 6) is 0. The van der Waals surface area contributed by atoms with E-state index in [0.29, 0.717) is 0 Å². The summed E-state index contributed by atoms with van der Waals surface area (Å²) in [5.41, 5.74) is 9.79. The lowest BCUT2D eigenvalue weighted by Gasteiger charge is -2.17. The van der Waals surface area contributed by atoms with Crippen LogP contribution >= 0.6 is 11.3 Å². The lowest BCUT2D eigenvalue weighted by Crippen LogP contribution is -2.29. The Hall–Kier alpha value is -6.02. The molecule has 0 saturated heterocycles. The molecule has 8 aromatic carbocycles. The third kappa shape index (κ3) is 4.98. The number of thiophene rings is 1. The molecular weight excluding hydrogens is 621 g/mol. The molecule has 0 amide bonds. The molecule has 0 spiro atoms. The lowest BCUT2D eigenvalue weighted by atomic mass is 9.86. The van der Waals surface area contributed by atoms with E-state index >= 15 is 0 Å². The smallest absolute Gasteiger partial charge is 0.0355 e. The zero-order chi connectivity index (χ0) is 33.6. The fourth-order valence-corrected chi connectivity index (χ4v) is 8.83. The molecule has 0 saturated carbocycles. The maximum Gasteiger partial charge on any atom is 0.0355 e. The monoisotopic (exact) mass is 654 g/mol. The zero-order valence-corrected chi connectivity index (χ0v) is 28.7. The van der Waals surface area contributed by atoms with E-state index in [1.807, 2.05) is 17.4 Å². The molecule has 1 heterocycles. The van der Waals surface area contributed by atoms with E-state index in [0.717, 1.165) is 0 Å². The van der Waals surface area contributed by atoms with Gasteiger partial charge in [0.25, 0.3) is 0 Å². The molecule has 1 heteroatoms. The van der Waals surface area contributed by atoms with Gasteiger partial charge in [0.15, 0.2) is 0 Å². The van der Waals surface area contributed by atoms with Gasteiger partial charge in [0.2, 0.25) is 0 Å². The van der Waals surface area contributed by atoms with Crippen molar-refractivity contribution >= 4 is 65.2 Å². The van der Waals surface area contributed by atoms with Crippen LogP contribution in [-0.4, -0.2) is 0 Å². The molecule has 0 N–H and O–H groups in total. The van der Waals surface area contributed by atoms with Crippen LogP contribution < -0.4 is 10.4 Å². The van der Waals surface area contributed by atoms with Crippen LogP contribution in [-0.2, 0) is 0 Å². The Labute approximate surface area is 296 Å². The molecule has 0 radical (unpaired) electrons. The highest BCUT2D eigenvalue weighted by molar-refractivity contribution is 7.25. The minimum atomic E-state index is 1.19. The van der Waals surface area contributed by atoms with Gasteiger partial charge in [0.1, 0.15) is 0 Å². The average Bonchev–Trinajstić information content (AvgIpc) is 3.55. The third-order valence-corrected chi connectivity index (χ3v) is 11.2. The normalized spacial score (nSPS) is 12.4. The molecular formula is C49H34S. The van der Waals surface area contributed by atoms with Crippen LogP contribution in [0.1, 0.15) is 6.92 Å². The van der Waals surface area contributed by atoms with Crippen LogP contribution in [0.5, 0.6) is 0 Å². The summed E-state index contributed by atoms with van der Waals surface area (Å²) in [4.78, 5) is 0. The highest BCUT2D eigenvalue weighted by Gasteiger charge is 2.16. The van der Waals surface area contributed by atoms with Crippen molar-refractivity contribution in [2.24, 2.45) is 0 Å². The van der Waals surface area contributed by atoms with Crippen molar-refractivity contribution in [3.05, 3.63) is 181 Å². The minimum Gasteiger partial charge on any atom is -0.135 e. The van der Waals surface area contributed by atoms with Crippen LogP contribution in [0, 0.1) is 0 Å². The van der Waals surface area contributed by atoms with Gasteiger partial charge in [-0.05, 0) is 108 Å². The summed E-state index contributed by atoms with van der Waals surface area (Å²) < 4.78 is 2.66. The van der Waals surface area contributed by atoms with Gasteiger partial charge in [-0.25, -0.2) is 0 Å². The fourth-order valence-electron chi connectivity index (χ4n) is 7.74. The van der Waals surface area contributed by atoms with Crippen molar-refractivity contribution in [3.63, 3.8) is 0 Å². The summed E-state index contributed by atoms with van der Waals surface area (Å²) in [6, 6.07) is 57.8. The Balaban J connectivity index is 1.22. The van der Waals surface area contributed by atoms with Crippen LogP contribution in [0.2, 0.25) is 0 Å². The van der Waals surface area contributed by atoms with Crippen molar-refractivity contribution in [1.82, 2.24) is 0 Å². The van der Waals surface area contributed by atoms with Gasteiger partial charge < -0.3 is 0 Å². The lowest BCUT2D eigenvalue weighted by molar-refractivity contribution is 1.51. The number of hydrogen-bond acceptors (Lipinski definition) is 1. The topological polar surface area (TPSA) is 0 Å². The van der Waals surface area contributed by atoms with Gasteiger partial charge >= 0.3 is 0 Å². The molecule has 0 unspecified atom stereocenters. The van der Waals surface area contributed by atoms with E-state index < -0.39 is 0 Å². The second kappa shape index (κ2) is 12.5. The van der Waals surface area contributed by atoms with Crippen LogP contribution in [0.4, 0.5) is 0 Å². The van der Waals surface area contributed by atoms with Gasteiger partial charge in [0, 0.05) is 20.2 Å². The zero-order valence-electron chi connectivity index (χ0n) is 27.9. The highest BCUT2D eigenvalue weighted by Crippen LogP contribution is 2.38. The fraction of sp³-hybridized carbons (Fsp3) is 0.0204. The maximum absolute atomic E-state index is 4.16. The van der Waals surface area contributed by atoms with E-state index in [4.69, 9.17) is 0 Å². The number of fused-ring (bicyclic) bond motifs is 5. The Morgan fingerprint density at radius 2 is 1.02 bits per heavy atom. The number of benzene rings is 8. The predicted octanol–water partition coefficient (Wildman–Crippen LogP) is 12.8. The van der Waals surface area contributed by atoms with E-state index in [-0.39, 0.29) is 0 Å². The minimum absolute atomic E-state index is 1.19. The Morgan fingerprint density at radius 1 is 0.440 bits per heavy atom. The van der Waals surface area contributed by atoms with Crippen LogP contribution in [0.15, 0.2) is 170 Å². The van der Waals surface area contributed by atoms with Crippen molar-refractivity contribution in [1.29, 1.82) is 0 Å². The van der Waals surface area contributed by atoms with Crippen molar-refractivity contribution in [2.75, 3.05) is 0 Å². The molecule has 0 aliphatic heterocycles. The highest BCUT2D eigenvalue weighted by atomic mass is 32.1. The Morgan fingerprint density at radius 3 is 1.80 bits per heavy atom. The largest absolute Gasteiger partial charge is 0.135 e. The molecule has 0 fully saturated rings. The molecule has 9 rings (SSSR count). The van der Waals surface area contributed by atoms with E-state index in [1.54, 1.807) is 0 Å². The van der Waals surface area contributed by atoms with Gasteiger partial charge in [-0.3, -0.25) is 0 Å². The average molecular weight is 655 g/mol. The van der Waals surface area contributed by atoms with Gasteiger partial charge in [0.05, 0.1) is 0 Å². The predicted molar refractivity (Wildman–Crippen MR) is 220 cm³/mol. The molecule has 9 aromatic rings. The third-order valence-electron chi connectivity index (χ3n) is 10.0. The van der Waals surface area contributed by atoms with Crippen LogP contribution in [0.25, 0.3) is 98.4 Å². The summed E-state index contributed by atoms with van der Waals surface area (Å²) >= 11 is 1.86. The second-order valence-electron chi connectivity index (χ2n) is 12.8. The first-order valence-corrected chi connectivity index (χ1v) is 18.0. The van der Waals surface area contributed by atoms with Gasteiger partial charge in [-0.15, -0.1) is 11.3 Å². The van der Waals surface area contributed by atoms with Gasteiger partial charge in [-0.2, -0.15) is 0 Å². The SMILES string of the molecule is C=C/C=c1/c(-c2ccc(-c3cccc4ccccc34)cc2)c2ccccc2c(-c2cccc(-c3ccc4sc5ccccc5c4c3)c2)/c1=C/C. The Bertz CT molecular complexity index is 2880. The molecule has 0 aliphatic rings. The first-order chi connectivity index (χ1) is 24.7. The number of allylic oxidation sites excluding steroid dienone is 1. The van der Waals surface area contributed by atoms with Crippen molar-refractivity contribution < 1.29 is 0 Å². The maximum atomic E-state index is 4.16. The summed E-state index contributed by atoms with van der Waals surface area (Å²) in [7, 11) is 0. The summed E-state index contributed by atoms with van der Waals surface area (Å²) in [6.45, 7) is 6.31. The molecule has 0 aliphatic carbocycles. The van der Waals surface area contributed by atoms with Crippen molar-refractivity contribution in [2.45, 2.75) is 6.92 Å². The first-order valence-electron chi connectivity index (χ1n) is 17.2. The molecule has 0 nitrogen and oxygen atoms in total. The number of hydrogen-bond donors (Lipinski definition) is 0. The molecule has 236 valence electrons. The Kier molecular flexibility index (Phi) is 7.49. The second-order valence-corrected chi connectivity index (χ2v) is 13.9. The first kappa shape index (κ1) is 30.1. The molecule has 0 bridgehead atoms. The molecule has 0 atom stereocenters. The van der Waals surface area contributed by atoms with Crippen molar-refractivity contribution in [3.8, 4) is 44.5 Å². The van der Waals surface area contributed by atoms with E-state index in [9.17, 15) is 0 Å². The van der Waals surface area contributed by atoms with E-state index in [1.165, 1.54) is 96.7 Å². The van der Waals surface area contributed by atoms with Gasteiger partial charge in [-0.1, -0.05) is 158 Å². The van der Waals surface area contributed by atoms with Crippen LogP contribution in [0.3, 0.4) is 0 Å². The quantitative estimate of drug-likeness (QED) is 0.173. The molecule has 50 heavy (non-hydrogen) atoms. The van der Waals surface area contributed by atoms with E-state index in [2.05, 4.69) is 183 Å². The number of rotatable bonds is 5.